The maximum absolute atomic E-state index is 13.0. The molecule has 2 aromatic carbocycles. The lowest BCUT2D eigenvalue weighted by Crippen LogP contribution is -2.51. The van der Waals surface area contributed by atoms with Crippen molar-refractivity contribution in [2.45, 2.75) is 77.2 Å². The Bertz CT molecular complexity index is 963. The zero-order valence-electron chi connectivity index (χ0n) is 21.9. The molecule has 0 aromatic heterocycles. The maximum Gasteiger partial charge on any atom is 0.407 e. The normalized spacial score (nSPS) is 15.4. The van der Waals surface area contributed by atoms with Gasteiger partial charge in [0.1, 0.15) is 6.61 Å². The van der Waals surface area contributed by atoms with Crippen LogP contribution >= 0.6 is 0 Å². The first-order chi connectivity index (χ1) is 15.9. The third-order valence-corrected chi connectivity index (χ3v) is 11.7. The minimum atomic E-state index is -2.04. The molecule has 2 atom stereocenters. The van der Waals surface area contributed by atoms with Crippen LogP contribution in [0.2, 0.25) is 18.1 Å². The van der Waals surface area contributed by atoms with Gasteiger partial charge >= 0.3 is 6.09 Å². The first-order valence-electron chi connectivity index (χ1n) is 12.4. The summed E-state index contributed by atoms with van der Waals surface area (Å²) >= 11 is 0. The Balaban J connectivity index is 1.71. The Labute approximate surface area is 206 Å². The van der Waals surface area contributed by atoms with Crippen LogP contribution < -0.4 is 5.32 Å². The molecule has 34 heavy (non-hydrogen) atoms. The summed E-state index contributed by atoms with van der Waals surface area (Å²) in [5, 5.41) is 3.18. The molecule has 3 rings (SSSR count). The van der Waals surface area contributed by atoms with Crippen LogP contribution in [0.25, 0.3) is 11.1 Å². The van der Waals surface area contributed by atoms with Gasteiger partial charge in [-0.25, -0.2) is 4.79 Å². The number of alkyl carbamates (subject to hydrolysis) is 1. The number of carbonyl (C=O) groups excluding carboxylic acids is 1. The second-order valence-corrected chi connectivity index (χ2v) is 16.0. The molecule has 184 valence electrons. The molecule has 5 heteroatoms. The average molecular weight is 480 g/mol. The number of nitrogens with one attached hydrogen (secondary N) is 1. The first-order valence-corrected chi connectivity index (χ1v) is 15.3. The van der Waals surface area contributed by atoms with Crippen molar-refractivity contribution in [3.63, 3.8) is 0 Å². The van der Waals surface area contributed by atoms with Crippen LogP contribution in [0.3, 0.4) is 0 Å². The van der Waals surface area contributed by atoms with Crippen molar-refractivity contribution in [2.75, 3.05) is 6.61 Å². The van der Waals surface area contributed by atoms with E-state index in [1.165, 1.54) is 22.3 Å². The van der Waals surface area contributed by atoms with E-state index in [0.29, 0.717) is 12.5 Å². The van der Waals surface area contributed by atoms with E-state index in [4.69, 9.17) is 9.16 Å². The van der Waals surface area contributed by atoms with Crippen LogP contribution in [-0.4, -0.2) is 33.2 Å². The highest BCUT2D eigenvalue weighted by atomic mass is 28.4. The fourth-order valence-corrected chi connectivity index (χ4v) is 5.68. The van der Waals surface area contributed by atoms with E-state index in [-0.39, 0.29) is 23.1 Å². The molecule has 2 unspecified atom stereocenters. The molecule has 1 aliphatic rings. The Morgan fingerprint density at radius 2 is 1.59 bits per heavy atom. The number of rotatable bonds is 9. The molecule has 0 heterocycles. The number of fused-ring (bicyclic) bond motifs is 3. The summed E-state index contributed by atoms with van der Waals surface area (Å²) in [7, 11) is -2.04. The first kappa shape index (κ1) is 26.2. The van der Waals surface area contributed by atoms with Crippen LogP contribution in [0.4, 0.5) is 4.79 Å². The van der Waals surface area contributed by atoms with Gasteiger partial charge in [-0.3, -0.25) is 0 Å². The zero-order valence-corrected chi connectivity index (χ0v) is 22.9. The van der Waals surface area contributed by atoms with Gasteiger partial charge in [-0.2, -0.15) is 0 Å². The predicted octanol–water partition coefficient (Wildman–Crippen LogP) is 7.52. The van der Waals surface area contributed by atoms with Crippen molar-refractivity contribution in [3.8, 4) is 11.1 Å². The van der Waals surface area contributed by atoms with Crippen LogP contribution in [0.5, 0.6) is 0 Å². The van der Waals surface area contributed by atoms with Crippen molar-refractivity contribution >= 4 is 14.4 Å². The summed E-state index contributed by atoms with van der Waals surface area (Å²) in [5.74, 6) is 0.435. The fourth-order valence-electron chi connectivity index (χ4n) is 4.39. The molecule has 2 aromatic rings. The van der Waals surface area contributed by atoms with Crippen molar-refractivity contribution < 1.29 is 14.0 Å². The van der Waals surface area contributed by atoms with Gasteiger partial charge in [0.05, 0.1) is 12.1 Å². The Morgan fingerprint density at radius 1 is 1.06 bits per heavy atom. The van der Waals surface area contributed by atoms with E-state index in [1.54, 1.807) is 0 Å². The second-order valence-electron chi connectivity index (χ2n) is 11.3. The van der Waals surface area contributed by atoms with E-state index in [2.05, 4.69) is 96.0 Å². The van der Waals surface area contributed by atoms with E-state index in [0.717, 1.165) is 6.42 Å². The van der Waals surface area contributed by atoms with Crippen LogP contribution in [0.15, 0.2) is 61.2 Å². The Morgan fingerprint density at radius 3 is 2.06 bits per heavy atom. The molecule has 0 radical (unpaired) electrons. The molecule has 0 bridgehead atoms. The van der Waals surface area contributed by atoms with Crippen molar-refractivity contribution in [1.29, 1.82) is 0 Å². The number of hydrogen-bond donors (Lipinski definition) is 1. The van der Waals surface area contributed by atoms with Crippen LogP contribution in [0, 0.1) is 5.92 Å². The third-order valence-electron chi connectivity index (χ3n) is 7.24. The Hall–Kier alpha value is -2.37. The van der Waals surface area contributed by atoms with E-state index in [1.807, 2.05) is 18.2 Å². The van der Waals surface area contributed by atoms with Crippen LogP contribution in [0.1, 0.15) is 58.1 Å². The summed E-state index contributed by atoms with van der Waals surface area (Å²) in [6, 6.07) is 16.5. The SMILES string of the molecule is C=CC(O[Si](C)(C)C(C)(C)C)C(CC(C)C)NC(=O)OCC1c2ccccc2-c2ccccc21. The largest absolute Gasteiger partial charge is 0.449 e. The highest BCUT2D eigenvalue weighted by Crippen LogP contribution is 2.44. The van der Waals surface area contributed by atoms with E-state index < -0.39 is 14.4 Å². The third kappa shape index (κ3) is 5.81. The minimum Gasteiger partial charge on any atom is -0.449 e. The molecule has 0 spiro atoms. The van der Waals surface area contributed by atoms with Crippen LogP contribution in [-0.2, 0) is 9.16 Å². The quantitative estimate of drug-likeness (QED) is 0.299. The molecule has 0 saturated carbocycles. The second kappa shape index (κ2) is 10.5. The molecule has 1 aliphatic carbocycles. The van der Waals surface area contributed by atoms with Gasteiger partial charge in [-0.05, 0) is 52.7 Å². The summed E-state index contributed by atoms with van der Waals surface area (Å²) < 4.78 is 12.5. The van der Waals surface area contributed by atoms with Gasteiger partial charge in [0.2, 0.25) is 0 Å². The lowest BCUT2D eigenvalue weighted by molar-refractivity contribution is 0.118. The fraction of sp³-hybridized carbons (Fsp3) is 0.483. The maximum atomic E-state index is 13.0. The van der Waals surface area contributed by atoms with Crippen molar-refractivity contribution in [3.05, 3.63) is 72.3 Å². The number of ether oxygens (including phenoxy) is 1. The smallest absolute Gasteiger partial charge is 0.407 e. The number of carbonyl (C=O) groups is 1. The van der Waals surface area contributed by atoms with E-state index in [9.17, 15) is 4.79 Å². The minimum absolute atomic E-state index is 0.0420. The topological polar surface area (TPSA) is 47.6 Å². The van der Waals surface area contributed by atoms with Crippen molar-refractivity contribution in [1.82, 2.24) is 5.32 Å². The zero-order chi connectivity index (χ0) is 25.1. The Kier molecular flexibility index (Phi) is 8.09. The summed E-state index contributed by atoms with van der Waals surface area (Å²) in [5.41, 5.74) is 4.86. The molecule has 0 aliphatic heterocycles. The van der Waals surface area contributed by atoms with Gasteiger partial charge in [0, 0.05) is 5.92 Å². The monoisotopic (exact) mass is 479 g/mol. The van der Waals surface area contributed by atoms with E-state index >= 15 is 0 Å². The lowest BCUT2D eigenvalue weighted by atomic mass is 9.98. The van der Waals surface area contributed by atoms with Gasteiger partial charge in [0.15, 0.2) is 8.32 Å². The summed E-state index contributed by atoms with van der Waals surface area (Å²) in [6.45, 7) is 19.7. The highest BCUT2D eigenvalue weighted by molar-refractivity contribution is 6.74. The summed E-state index contributed by atoms with van der Waals surface area (Å²) in [6.07, 6.45) is 1.95. The number of hydrogen-bond acceptors (Lipinski definition) is 3. The summed E-state index contributed by atoms with van der Waals surface area (Å²) in [4.78, 5) is 13.0. The molecular weight excluding hydrogens is 438 g/mol. The number of benzene rings is 2. The van der Waals surface area contributed by atoms with Gasteiger partial charge in [0.25, 0.3) is 0 Å². The molecule has 0 saturated heterocycles. The molecule has 1 amide bonds. The lowest BCUT2D eigenvalue weighted by Gasteiger charge is -2.41. The van der Waals surface area contributed by atoms with Gasteiger partial charge < -0.3 is 14.5 Å². The molecule has 4 nitrogen and oxygen atoms in total. The predicted molar refractivity (Wildman–Crippen MR) is 144 cm³/mol. The number of amides is 1. The molecule has 0 fully saturated rings. The highest BCUT2D eigenvalue weighted by Gasteiger charge is 2.40. The van der Waals surface area contributed by atoms with Gasteiger partial charge in [-0.1, -0.05) is 89.2 Å². The molecular formula is C29H41NO3Si. The average Bonchev–Trinajstić information content (AvgIpc) is 3.08. The van der Waals surface area contributed by atoms with Crippen molar-refractivity contribution in [2.24, 2.45) is 5.92 Å². The standard InChI is InChI=1S/C29H41NO3Si/c1-9-27(33-34(7,8)29(4,5)6)26(18-20(2)3)30-28(31)32-19-25-23-16-12-10-14-21(23)22-15-11-13-17-24(22)25/h9-17,20,25-27H,1,18-19H2,2-8H3,(H,30,31). The van der Waals surface area contributed by atoms with Gasteiger partial charge in [-0.15, -0.1) is 6.58 Å². The molecule has 1 N–H and O–H groups in total.